The van der Waals surface area contributed by atoms with Gasteiger partial charge in [0.25, 0.3) is 11.8 Å². The van der Waals surface area contributed by atoms with Crippen LogP contribution in [-0.4, -0.2) is 143 Å². The van der Waals surface area contributed by atoms with E-state index in [1.54, 1.807) is 44.3 Å². The van der Waals surface area contributed by atoms with Crippen molar-refractivity contribution in [2.24, 2.45) is 11.3 Å². The number of hydrogen-bond donors (Lipinski definition) is 2. The van der Waals surface area contributed by atoms with Crippen LogP contribution in [0.1, 0.15) is 83.7 Å². The summed E-state index contributed by atoms with van der Waals surface area (Å²) in [6.07, 6.45) is -2.31. The number of nitrogens with one attached hydrogen (secondary N) is 2. The molecular formula is C54H75F3N8O7S4. The molecule has 0 aliphatic carbocycles. The molecule has 3 aliphatic rings. The van der Waals surface area contributed by atoms with Crippen LogP contribution in [0.25, 0.3) is 33.3 Å². The lowest BCUT2D eigenvalue weighted by molar-refractivity contribution is -0.155. The summed E-state index contributed by atoms with van der Waals surface area (Å²) in [4.78, 5) is 79.0. The Morgan fingerprint density at radius 1 is 1.00 bits per heavy atom. The molecule has 2 fully saturated rings. The minimum absolute atomic E-state index is 0. The number of cyclic esters (lactones) is 1. The Hall–Kier alpha value is -4.89. The third-order valence-corrected chi connectivity index (χ3v) is 14.3. The second kappa shape index (κ2) is 26.6. The van der Waals surface area contributed by atoms with E-state index in [0.29, 0.717) is 57.4 Å². The molecule has 7 rings (SSSR count). The number of pyridine rings is 1. The summed E-state index contributed by atoms with van der Waals surface area (Å²) >= 11 is 0. The fourth-order valence-electron chi connectivity index (χ4n) is 9.54. The molecule has 4 amide bonds. The minimum Gasteiger partial charge on any atom is -0.464 e. The van der Waals surface area contributed by atoms with Crippen molar-refractivity contribution in [3.8, 4) is 34.2 Å². The van der Waals surface area contributed by atoms with Gasteiger partial charge in [-0.1, -0.05) is 57.0 Å². The van der Waals surface area contributed by atoms with Crippen molar-refractivity contribution in [3.05, 3.63) is 77.6 Å². The van der Waals surface area contributed by atoms with Crippen LogP contribution in [0.2, 0.25) is 0 Å². The predicted molar refractivity (Wildman–Crippen MR) is 308 cm³/mol. The first-order valence-electron chi connectivity index (χ1n) is 24.5. The van der Waals surface area contributed by atoms with E-state index < -0.39 is 71.6 Å². The number of benzene rings is 2. The van der Waals surface area contributed by atoms with Crippen LogP contribution in [0, 0.1) is 23.2 Å². The number of rotatable bonds is 10. The number of hydrazine groups is 1. The van der Waals surface area contributed by atoms with Crippen LogP contribution in [0.5, 0.6) is 0 Å². The average molecular weight is 1130 g/mol. The Balaban J connectivity index is 0.00000380. The van der Waals surface area contributed by atoms with Gasteiger partial charge < -0.3 is 29.2 Å². The molecular weight excluding hydrogens is 1060 g/mol. The van der Waals surface area contributed by atoms with Gasteiger partial charge in [-0.05, 0) is 113 Å². The number of methoxy groups -OCH3 is 1. The van der Waals surface area contributed by atoms with E-state index >= 15 is 0 Å². The van der Waals surface area contributed by atoms with Crippen molar-refractivity contribution in [3.63, 3.8) is 0 Å². The summed E-state index contributed by atoms with van der Waals surface area (Å²) in [5, 5.41) is 4.88. The van der Waals surface area contributed by atoms with Crippen molar-refractivity contribution in [1.82, 2.24) is 40.0 Å². The maximum atomic E-state index is 14.7. The zero-order valence-corrected chi connectivity index (χ0v) is 48.9. The molecule has 22 heteroatoms. The highest BCUT2D eigenvalue weighted by molar-refractivity contribution is 7.59. The monoisotopic (exact) mass is 1130 g/mol. The smallest absolute Gasteiger partial charge is 0.406 e. The van der Waals surface area contributed by atoms with Crippen molar-refractivity contribution in [1.29, 1.82) is 0 Å². The van der Waals surface area contributed by atoms with Gasteiger partial charge in [0.2, 0.25) is 11.8 Å². The topological polar surface area (TPSA) is 159 Å². The van der Waals surface area contributed by atoms with E-state index in [2.05, 4.69) is 27.6 Å². The number of fused-ring (bicyclic) bond motifs is 6. The molecule has 2 saturated heterocycles. The lowest BCUT2D eigenvalue weighted by Crippen LogP contribution is -2.62. The van der Waals surface area contributed by atoms with E-state index in [9.17, 15) is 37.1 Å². The van der Waals surface area contributed by atoms with Crippen molar-refractivity contribution < 1.29 is 46.6 Å². The van der Waals surface area contributed by atoms with E-state index in [4.69, 9.17) is 9.47 Å². The van der Waals surface area contributed by atoms with Gasteiger partial charge in [0.1, 0.15) is 24.7 Å². The number of esters is 1. The normalized spacial score (nSPS) is 18.6. The first-order valence-corrected chi connectivity index (χ1v) is 24.5. The van der Waals surface area contributed by atoms with E-state index in [1.807, 2.05) is 77.0 Å². The van der Waals surface area contributed by atoms with Gasteiger partial charge in [-0.3, -0.25) is 38.9 Å². The summed E-state index contributed by atoms with van der Waals surface area (Å²) in [6, 6.07) is 13.2. The second-order valence-corrected chi connectivity index (χ2v) is 20.8. The number of likely N-dealkylation sites (tertiary alicyclic amines) is 1. The number of aromatic nitrogens is 2. The first-order chi connectivity index (χ1) is 33.9. The fourth-order valence-corrected chi connectivity index (χ4v) is 9.54. The molecule has 2 N–H and O–H groups in total. The van der Waals surface area contributed by atoms with Crippen molar-refractivity contribution >= 4 is 94.5 Å². The minimum atomic E-state index is -4.59. The molecule has 4 aromatic rings. The van der Waals surface area contributed by atoms with Gasteiger partial charge in [-0.2, -0.15) is 67.2 Å². The first kappa shape index (κ1) is 65.4. The Morgan fingerprint density at radius 2 is 1.68 bits per heavy atom. The van der Waals surface area contributed by atoms with Gasteiger partial charge in [0.15, 0.2) is 0 Å². The highest BCUT2D eigenvalue weighted by Crippen LogP contribution is 2.43. The molecule has 5 heterocycles. The molecule has 4 atom stereocenters. The van der Waals surface area contributed by atoms with Crippen LogP contribution >= 0.6 is 54.0 Å². The summed E-state index contributed by atoms with van der Waals surface area (Å²) in [5.74, 6) is 2.78. The lowest BCUT2D eigenvalue weighted by Gasteiger charge is -2.40. The Morgan fingerprint density at radius 3 is 2.33 bits per heavy atom. The molecule has 2 aromatic heterocycles. The van der Waals surface area contributed by atoms with Crippen LogP contribution in [0.4, 0.5) is 13.2 Å². The summed E-state index contributed by atoms with van der Waals surface area (Å²) in [5.41, 5.74) is 6.07. The molecule has 3 aliphatic heterocycles. The quantitative estimate of drug-likeness (QED) is 0.128. The Bertz CT molecular complexity index is 2790. The molecule has 15 nitrogen and oxygen atoms in total. The number of carbonyl (C=O) groups excluding carboxylic acids is 5. The second-order valence-electron chi connectivity index (χ2n) is 20.8. The van der Waals surface area contributed by atoms with Crippen LogP contribution in [-0.2, 0) is 52.8 Å². The number of hydrogen-bond acceptors (Lipinski definition) is 10. The maximum Gasteiger partial charge on any atom is 0.406 e. The highest BCUT2D eigenvalue weighted by atomic mass is 32.1. The summed E-state index contributed by atoms with van der Waals surface area (Å²) in [7, 11) is 6.80. The van der Waals surface area contributed by atoms with Gasteiger partial charge in [-0.15, -0.1) is 0 Å². The fraction of sp³-hybridized carbons (Fsp3) is 0.519. The number of likely N-dealkylation sites (N-methyl/N-ethyl adjacent to an activating group) is 1. The van der Waals surface area contributed by atoms with E-state index in [1.165, 1.54) is 33.5 Å². The number of halogens is 3. The highest BCUT2D eigenvalue weighted by Gasteiger charge is 2.41. The Kier molecular flexibility index (Phi) is 22.9. The number of amides is 4. The zero-order valence-electron chi connectivity index (χ0n) is 44.9. The van der Waals surface area contributed by atoms with Crippen molar-refractivity contribution in [2.75, 3.05) is 54.5 Å². The largest absolute Gasteiger partial charge is 0.464 e. The molecule has 0 spiro atoms. The molecule has 0 unspecified atom stereocenters. The van der Waals surface area contributed by atoms with Crippen LogP contribution in [0.3, 0.4) is 0 Å². The average Bonchev–Trinajstić information content (AvgIpc) is 3.60. The van der Waals surface area contributed by atoms with Gasteiger partial charge >= 0.3 is 12.1 Å². The van der Waals surface area contributed by atoms with Gasteiger partial charge in [0.05, 0.1) is 35.6 Å². The van der Waals surface area contributed by atoms with E-state index in [0.717, 1.165) is 5.56 Å². The Labute approximate surface area is 472 Å². The van der Waals surface area contributed by atoms with Crippen LogP contribution < -0.4 is 10.7 Å². The summed E-state index contributed by atoms with van der Waals surface area (Å²) in [6.45, 7) is 10.3. The maximum absolute atomic E-state index is 14.7. The molecule has 0 saturated carbocycles. The van der Waals surface area contributed by atoms with Gasteiger partial charge in [0, 0.05) is 68.3 Å². The molecule has 6 bridgehead atoms. The summed E-state index contributed by atoms with van der Waals surface area (Å²) < 4.78 is 57.1. The van der Waals surface area contributed by atoms with Crippen molar-refractivity contribution in [2.45, 2.75) is 116 Å². The predicted octanol–water partition coefficient (Wildman–Crippen LogP) is 6.78. The molecule has 76 heavy (non-hydrogen) atoms. The van der Waals surface area contributed by atoms with E-state index in [-0.39, 0.29) is 111 Å². The SMILES string of the molecule is CC[C@H](C(=O)N[C@H]1Cc2cccc(c2)-c2ccc3c(c2)c(c(-c2cccnc2[C@H](C)OC)n3CC(F)(F)F)CC(C)(C)COC(=O)[C@@H]2CCCN(N2)C1=O)N(C)C(=O)C1CN(C(=O)C#CC(C)(C)N(C)C)C1.S.S.S.S. The number of nitrogens with zero attached hydrogens (tertiary/aromatic N) is 6. The third-order valence-electron chi connectivity index (χ3n) is 14.3. The van der Waals surface area contributed by atoms with Crippen LogP contribution in [0.15, 0.2) is 60.8 Å². The third kappa shape index (κ3) is 14.8. The van der Waals surface area contributed by atoms with Gasteiger partial charge in [-0.25, -0.2) is 5.43 Å². The number of ether oxygens (including phenoxy) is 2. The number of carbonyl (C=O) groups is 5. The molecule has 0 radical (unpaired) electrons. The molecule has 418 valence electrons. The zero-order chi connectivity index (χ0) is 52.4. The lowest BCUT2D eigenvalue weighted by atomic mass is 9.84. The standard InChI is InChI=1S/C54H67F3N8O7.4H2S/c1-11-43(62(9)49(68)37-29-63(30-37)45(66)21-22-53(5,6)61(7)8)48(67)59-42-26-34-15-12-16-35(25-34)36-19-20-44-39(27-36)40(28-52(3,4)32-72-51(70)41-18-14-24-65(60-41)50(42)69)47(64(44)31-54(55,56)57)38-17-13-23-58-46(38)33(2)71-10;;;;/h12-13,15-17,19-20,23,25,27,33,37,41-43,60H,11,14,18,24,26,28-32H2,1-10H3,(H,59,67);4*1H2/t33-,41-,42-,43+;;;;/m0..../s1. The molecule has 2 aromatic carbocycles. The number of alkyl halides is 3.